The molecule has 1 aliphatic heterocycles. The Kier molecular flexibility index (Phi) is 6.47. The van der Waals surface area contributed by atoms with E-state index in [2.05, 4.69) is 4.98 Å². The van der Waals surface area contributed by atoms with E-state index < -0.39 is 17.7 Å². The largest absolute Gasteiger partial charge is 0.507 e. The van der Waals surface area contributed by atoms with Gasteiger partial charge in [-0.2, -0.15) is 0 Å². The Balaban J connectivity index is 1.91. The Morgan fingerprint density at radius 3 is 2.67 bits per heavy atom. The van der Waals surface area contributed by atoms with Crippen LogP contribution in [-0.4, -0.2) is 28.4 Å². The third-order valence-electron chi connectivity index (χ3n) is 5.42. The number of aryl methyl sites for hydroxylation is 1. The molecular weight excluding hydrogens is 440 g/mol. The monoisotopic (exact) mass is 462 g/mol. The van der Waals surface area contributed by atoms with E-state index >= 15 is 0 Å². The number of ether oxygens (including phenoxy) is 1. The molecular formula is C26H23ClN2O4. The van der Waals surface area contributed by atoms with Crippen LogP contribution in [0.1, 0.15) is 36.2 Å². The second kappa shape index (κ2) is 9.46. The fourth-order valence-electron chi connectivity index (χ4n) is 3.85. The molecule has 1 aliphatic rings. The van der Waals surface area contributed by atoms with Crippen LogP contribution in [0.15, 0.2) is 72.4 Å². The first kappa shape index (κ1) is 22.6. The van der Waals surface area contributed by atoms with Gasteiger partial charge in [0.05, 0.1) is 17.9 Å². The maximum absolute atomic E-state index is 13.2. The van der Waals surface area contributed by atoms with Crippen molar-refractivity contribution < 1.29 is 19.4 Å². The van der Waals surface area contributed by atoms with Crippen molar-refractivity contribution in [2.24, 2.45) is 0 Å². The molecule has 3 aromatic rings. The van der Waals surface area contributed by atoms with Crippen molar-refractivity contribution in [2.45, 2.75) is 26.3 Å². The van der Waals surface area contributed by atoms with Crippen LogP contribution in [0.25, 0.3) is 5.76 Å². The van der Waals surface area contributed by atoms with Gasteiger partial charge in [-0.25, -0.2) is 0 Å². The fourth-order valence-corrected chi connectivity index (χ4v) is 4.02. The Hall–Kier alpha value is -3.64. The van der Waals surface area contributed by atoms with Gasteiger partial charge in [0.1, 0.15) is 17.6 Å². The summed E-state index contributed by atoms with van der Waals surface area (Å²) < 4.78 is 5.66. The predicted octanol–water partition coefficient (Wildman–Crippen LogP) is 5.46. The number of nitrogens with zero attached hydrogens (tertiary/aromatic N) is 2. The lowest BCUT2D eigenvalue weighted by Gasteiger charge is -2.26. The van der Waals surface area contributed by atoms with Gasteiger partial charge in [-0.1, -0.05) is 42.8 Å². The Bertz CT molecular complexity index is 1240. The van der Waals surface area contributed by atoms with Gasteiger partial charge in [0.15, 0.2) is 0 Å². The molecule has 6 nitrogen and oxygen atoms in total. The van der Waals surface area contributed by atoms with Gasteiger partial charge in [0, 0.05) is 22.5 Å². The molecule has 0 saturated carbocycles. The standard InChI is InChI=1S/C26H23ClN2O4/c1-3-13-33-19-8-6-7-17(14-19)24(30)22-23(20-9-4-5-12-28-20)29(26(32)25(22)31)21-15-18(27)11-10-16(21)2/h4-12,14-15,23,30H,3,13H2,1-2H3/b24-22+. The number of benzene rings is 2. The molecule has 4 rings (SSSR count). The number of aliphatic hydroxyl groups is 1. The summed E-state index contributed by atoms with van der Waals surface area (Å²) in [6, 6.07) is 16.3. The number of carbonyl (C=O) groups excluding carboxylic acids is 2. The van der Waals surface area contributed by atoms with E-state index in [1.165, 1.54) is 4.90 Å². The summed E-state index contributed by atoms with van der Waals surface area (Å²) in [7, 11) is 0. The highest BCUT2D eigenvalue weighted by Gasteiger charge is 2.48. The topological polar surface area (TPSA) is 79.7 Å². The van der Waals surface area contributed by atoms with Crippen LogP contribution in [0, 0.1) is 6.92 Å². The zero-order chi connectivity index (χ0) is 23.5. The summed E-state index contributed by atoms with van der Waals surface area (Å²) in [4.78, 5) is 32.2. The highest BCUT2D eigenvalue weighted by Crippen LogP contribution is 2.43. The van der Waals surface area contributed by atoms with Gasteiger partial charge < -0.3 is 9.84 Å². The molecule has 1 fully saturated rings. The number of aliphatic hydroxyl groups excluding tert-OH is 1. The zero-order valence-corrected chi connectivity index (χ0v) is 19.0. The number of Topliss-reactive ketones (excluding diaryl/α,β-unsaturated/α-hetero) is 1. The van der Waals surface area contributed by atoms with Crippen LogP contribution in [0.2, 0.25) is 5.02 Å². The average Bonchev–Trinajstić information content (AvgIpc) is 3.10. The third kappa shape index (κ3) is 4.34. The summed E-state index contributed by atoms with van der Waals surface area (Å²) in [6.45, 7) is 4.35. The molecule has 2 aromatic carbocycles. The third-order valence-corrected chi connectivity index (χ3v) is 5.66. The van der Waals surface area contributed by atoms with E-state index in [1.807, 2.05) is 13.8 Å². The van der Waals surface area contributed by atoms with Crippen molar-refractivity contribution >= 4 is 34.7 Å². The molecule has 7 heteroatoms. The van der Waals surface area contributed by atoms with Gasteiger partial charge in [-0.05, 0) is 55.3 Å². The first-order chi connectivity index (χ1) is 15.9. The first-order valence-electron chi connectivity index (χ1n) is 10.6. The molecule has 1 atom stereocenters. The molecule has 0 aliphatic carbocycles. The predicted molar refractivity (Wildman–Crippen MR) is 127 cm³/mol. The lowest BCUT2D eigenvalue weighted by atomic mass is 9.98. The summed E-state index contributed by atoms with van der Waals surface area (Å²) >= 11 is 6.21. The highest BCUT2D eigenvalue weighted by atomic mass is 35.5. The van der Waals surface area contributed by atoms with Crippen molar-refractivity contribution in [1.82, 2.24) is 4.98 Å². The van der Waals surface area contributed by atoms with Gasteiger partial charge in [-0.3, -0.25) is 19.5 Å². The summed E-state index contributed by atoms with van der Waals surface area (Å²) in [5, 5.41) is 11.7. The number of hydrogen-bond donors (Lipinski definition) is 1. The Morgan fingerprint density at radius 1 is 1.12 bits per heavy atom. The molecule has 168 valence electrons. The van der Waals surface area contributed by atoms with Crippen LogP contribution in [0.5, 0.6) is 5.75 Å². The maximum atomic E-state index is 13.2. The number of amides is 1. The summed E-state index contributed by atoms with van der Waals surface area (Å²) in [5.74, 6) is -1.26. The first-order valence-corrected chi connectivity index (χ1v) is 11.0. The number of hydrogen-bond acceptors (Lipinski definition) is 5. The molecule has 2 heterocycles. The lowest BCUT2D eigenvalue weighted by Crippen LogP contribution is -2.30. The van der Waals surface area contributed by atoms with Crippen molar-refractivity contribution in [3.63, 3.8) is 0 Å². The van der Waals surface area contributed by atoms with Gasteiger partial charge >= 0.3 is 0 Å². The number of anilines is 1. The molecule has 33 heavy (non-hydrogen) atoms. The fraction of sp³-hybridized carbons (Fsp3) is 0.192. The van der Waals surface area contributed by atoms with E-state index in [4.69, 9.17) is 16.3 Å². The van der Waals surface area contributed by atoms with Crippen molar-refractivity contribution in [2.75, 3.05) is 11.5 Å². The highest BCUT2D eigenvalue weighted by molar-refractivity contribution is 6.52. The zero-order valence-electron chi connectivity index (χ0n) is 18.3. The van der Waals surface area contributed by atoms with Crippen molar-refractivity contribution in [3.8, 4) is 5.75 Å². The smallest absolute Gasteiger partial charge is 0.300 e. The quantitative estimate of drug-likeness (QED) is 0.299. The Morgan fingerprint density at radius 2 is 1.94 bits per heavy atom. The van der Waals surface area contributed by atoms with Crippen LogP contribution >= 0.6 is 11.6 Å². The van der Waals surface area contributed by atoms with E-state index in [1.54, 1.807) is 66.9 Å². The minimum absolute atomic E-state index is 0.0364. The van der Waals surface area contributed by atoms with E-state index in [9.17, 15) is 14.7 Å². The molecule has 1 N–H and O–H groups in total. The van der Waals surface area contributed by atoms with Crippen LogP contribution < -0.4 is 9.64 Å². The minimum atomic E-state index is -0.913. The molecule has 1 unspecified atom stereocenters. The van der Waals surface area contributed by atoms with Gasteiger partial charge in [0.25, 0.3) is 11.7 Å². The number of halogens is 1. The van der Waals surface area contributed by atoms with E-state index in [0.717, 1.165) is 12.0 Å². The number of carbonyl (C=O) groups is 2. The number of pyridine rings is 1. The lowest BCUT2D eigenvalue weighted by molar-refractivity contribution is -0.132. The molecule has 0 spiro atoms. The van der Waals surface area contributed by atoms with Crippen LogP contribution in [0.3, 0.4) is 0 Å². The second-order valence-corrected chi connectivity index (χ2v) is 8.17. The maximum Gasteiger partial charge on any atom is 0.300 e. The molecule has 0 bridgehead atoms. The molecule has 1 saturated heterocycles. The van der Waals surface area contributed by atoms with E-state index in [-0.39, 0.29) is 11.3 Å². The summed E-state index contributed by atoms with van der Waals surface area (Å²) in [6.07, 6.45) is 2.42. The van der Waals surface area contributed by atoms with Crippen LogP contribution in [0.4, 0.5) is 5.69 Å². The number of aromatic nitrogens is 1. The van der Waals surface area contributed by atoms with Gasteiger partial charge in [0.2, 0.25) is 0 Å². The van der Waals surface area contributed by atoms with Crippen molar-refractivity contribution in [3.05, 3.63) is 94.3 Å². The Labute approximate surface area is 197 Å². The molecule has 1 amide bonds. The number of rotatable bonds is 6. The SMILES string of the molecule is CCCOc1cccc(/C(O)=C2\C(=O)C(=O)N(c3cc(Cl)ccc3C)C2c2ccccn2)c1. The summed E-state index contributed by atoms with van der Waals surface area (Å²) in [5.41, 5.74) is 2.04. The van der Waals surface area contributed by atoms with Crippen LogP contribution in [-0.2, 0) is 9.59 Å². The minimum Gasteiger partial charge on any atom is -0.507 e. The van der Waals surface area contributed by atoms with Crippen molar-refractivity contribution in [1.29, 1.82) is 0 Å². The van der Waals surface area contributed by atoms with E-state index in [0.29, 0.717) is 34.3 Å². The second-order valence-electron chi connectivity index (χ2n) is 7.73. The van der Waals surface area contributed by atoms with Gasteiger partial charge in [-0.15, -0.1) is 0 Å². The average molecular weight is 463 g/mol. The normalized spacial score (nSPS) is 17.4. The number of ketones is 1. The molecule has 1 aromatic heterocycles. The molecule has 0 radical (unpaired) electrons.